The van der Waals surface area contributed by atoms with Crippen LogP contribution in [0.1, 0.15) is 5.56 Å². The molecule has 2 aromatic rings. The molecule has 21 heavy (non-hydrogen) atoms. The van der Waals surface area contributed by atoms with Gasteiger partial charge in [0.05, 0.1) is 7.11 Å². The van der Waals surface area contributed by atoms with Crippen molar-refractivity contribution in [2.24, 2.45) is 0 Å². The lowest BCUT2D eigenvalue weighted by Gasteiger charge is -2.17. The first-order chi connectivity index (χ1) is 9.99. The Morgan fingerprint density at radius 1 is 1.48 bits per heavy atom. The lowest BCUT2D eigenvalue weighted by Crippen LogP contribution is -2.30. The van der Waals surface area contributed by atoms with Gasteiger partial charge >= 0.3 is 0 Å². The van der Waals surface area contributed by atoms with Crippen LogP contribution >= 0.6 is 0 Å². The molecule has 6 nitrogen and oxygen atoms in total. The summed E-state index contributed by atoms with van der Waals surface area (Å²) in [7, 11) is 3.06. The molecule has 2 rings (SSSR count). The highest BCUT2D eigenvalue weighted by atomic mass is 19.1. The van der Waals surface area contributed by atoms with E-state index in [4.69, 9.17) is 10.5 Å². The van der Waals surface area contributed by atoms with Gasteiger partial charge in [-0.25, -0.2) is 4.39 Å². The highest BCUT2D eigenvalue weighted by molar-refractivity contribution is 5.75. The van der Waals surface area contributed by atoms with E-state index >= 15 is 0 Å². The van der Waals surface area contributed by atoms with Gasteiger partial charge in [0, 0.05) is 19.8 Å². The van der Waals surface area contributed by atoms with Crippen LogP contribution < -0.4 is 10.5 Å². The summed E-state index contributed by atoms with van der Waals surface area (Å²) in [5.74, 6) is -0.0487. The molecule has 0 unspecified atom stereocenters. The summed E-state index contributed by atoms with van der Waals surface area (Å²) in [6, 6.07) is 6.23. The predicted octanol–water partition coefficient (Wildman–Crippen LogP) is 1.27. The van der Waals surface area contributed by atoms with Crippen molar-refractivity contribution in [3.63, 3.8) is 0 Å². The number of hydrogen-bond acceptors (Lipinski definition) is 4. The SMILES string of the molecule is COc1ccc(CN(C)C(=O)Cn2ccc(N)n2)cc1F. The van der Waals surface area contributed by atoms with E-state index in [0.717, 1.165) is 0 Å². The van der Waals surface area contributed by atoms with Crippen LogP contribution in [0.25, 0.3) is 0 Å². The van der Waals surface area contributed by atoms with E-state index in [9.17, 15) is 9.18 Å². The van der Waals surface area contributed by atoms with Gasteiger partial charge in [-0.2, -0.15) is 5.10 Å². The largest absolute Gasteiger partial charge is 0.494 e. The molecular weight excluding hydrogens is 275 g/mol. The maximum atomic E-state index is 13.6. The average Bonchev–Trinajstić information content (AvgIpc) is 2.84. The second kappa shape index (κ2) is 6.25. The summed E-state index contributed by atoms with van der Waals surface area (Å²) in [5.41, 5.74) is 6.17. The van der Waals surface area contributed by atoms with Gasteiger partial charge in [0.2, 0.25) is 5.91 Å². The Labute approximate surface area is 121 Å². The Morgan fingerprint density at radius 3 is 2.81 bits per heavy atom. The highest BCUT2D eigenvalue weighted by Crippen LogP contribution is 2.18. The van der Waals surface area contributed by atoms with Gasteiger partial charge in [-0.05, 0) is 23.8 Å². The number of ether oxygens (including phenoxy) is 1. The molecule has 1 aromatic carbocycles. The lowest BCUT2D eigenvalue weighted by atomic mass is 10.2. The minimum atomic E-state index is -0.448. The number of nitrogens with zero attached hydrogens (tertiary/aromatic N) is 3. The van der Waals surface area contributed by atoms with Gasteiger partial charge in [0.1, 0.15) is 12.4 Å². The molecule has 0 aliphatic rings. The monoisotopic (exact) mass is 292 g/mol. The van der Waals surface area contributed by atoms with E-state index < -0.39 is 5.82 Å². The molecule has 0 saturated heterocycles. The van der Waals surface area contributed by atoms with Crippen molar-refractivity contribution in [1.29, 1.82) is 0 Å². The second-order valence-corrected chi connectivity index (χ2v) is 4.66. The number of aromatic nitrogens is 2. The zero-order chi connectivity index (χ0) is 15.4. The minimum absolute atomic E-state index is 0.0896. The maximum Gasteiger partial charge on any atom is 0.244 e. The first kappa shape index (κ1) is 14.8. The molecule has 0 aliphatic carbocycles. The number of anilines is 1. The summed E-state index contributed by atoms with van der Waals surface area (Å²) >= 11 is 0. The summed E-state index contributed by atoms with van der Waals surface area (Å²) in [6.07, 6.45) is 1.63. The van der Waals surface area contributed by atoms with Gasteiger partial charge in [-0.15, -0.1) is 0 Å². The smallest absolute Gasteiger partial charge is 0.244 e. The first-order valence-corrected chi connectivity index (χ1v) is 6.35. The Morgan fingerprint density at radius 2 is 2.24 bits per heavy atom. The molecule has 1 amide bonds. The Kier molecular flexibility index (Phi) is 4.42. The van der Waals surface area contributed by atoms with Crippen molar-refractivity contribution in [3.8, 4) is 5.75 Å². The van der Waals surface area contributed by atoms with Gasteiger partial charge in [0.25, 0.3) is 0 Å². The standard InChI is InChI=1S/C14H17FN4O2/c1-18(14(20)9-19-6-5-13(16)17-19)8-10-3-4-12(21-2)11(15)7-10/h3-7H,8-9H2,1-2H3,(H2,16,17). The number of methoxy groups -OCH3 is 1. The highest BCUT2D eigenvalue weighted by Gasteiger charge is 2.12. The van der Waals surface area contributed by atoms with E-state index in [1.54, 1.807) is 25.4 Å². The van der Waals surface area contributed by atoms with Crippen LogP contribution in [-0.2, 0) is 17.9 Å². The Balaban J connectivity index is 1.98. The zero-order valence-electron chi connectivity index (χ0n) is 11.9. The number of carbonyl (C=O) groups excluding carboxylic acids is 1. The van der Waals surface area contributed by atoms with Crippen LogP contribution in [0.15, 0.2) is 30.5 Å². The summed E-state index contributed by atoms with van der Waals surface area (Å²) in [4.78, 5) is 13.5. The van der Waals surface area contributed by atoms with Crippen molar-refractivity contribution in [2.45, 2.75) is 13.1 Å². The number of benzene rings is 1. The van der Waals surface area contributed by atoms with E-state index in [-0.39, 0.29) is 18.2 Å². The molecule has 1 aromatic heterocycles. The fourth-order valence-corrected chi connectivity index (χ4v) is 1.90. The van der Waals surface area contributed by atoms with E-state index in [1.807, 2.05) is 0 Å². The molecule has 0 saturated carbocycles. The molecule has 112 valence electrons. The molecule has 0 bridgehead atoms. The van der Waals surface area contributed by atoms with Gasteiger partial charge < -0.3 is 15.4 Å². The van der Waals surface area contributed by atoms with Crippen LogP contribution in [0, 0.1) is 5.82 Å². The van der Waals surface area contributed by atoms with Crippen molar-refractivity contribution >= 4 is 11.7 Å². The topological polar surface area (TPSA) is 73.4 Å². The van der Waals surface area contributed by atoms with E-state index in [1.165, 1.54) is 28.8 Å². The lowest BCUT2D eigenvalue weighted by molar-refractivity contribution is -0.131. The molecule has 0 radical (unpaired) electrons. The van der Waals surface area contributed by atoms with Crippen molar-refractivity contribution < 1.29 is 13.9 Å². The third-order valence-electron chi connectivity index (χ3n) is 3.02. The number of halogens is 1. The van der Waals surface area contributed by atoms with Crippen molar-refractivity contribution in [3.05, 3.63) is 41.8 Å². The molecule has 0 fully saturated rings. The first-order valence-electron chi connectivity index (χ1n) is 6.35. The van der Waals surface area contributed by atoms with Crippen LogP contribution in [0.2, 0.25) is 0 Å². The molecule has 7 heteroatoms. The molecule has 0 spiro atoms. The number of nitrogen functional groups attached to an aromatic ring is 1. The predicted molar refractivity (Wildman–Crippen MR) is 76.1 cm³/mol. The van der Waals surface area contributed by atoms with Crippen molar-refractivity contribution in [2.75, 3.05) is 19.9 Å². The average molecular weight is 292 g/mol. The Bertz CT molecular complexity index is 642. The number of amides is 1. The second-order valence-electron chi connectivity index (χ2n) is 4.66. The van der Waals surface area contributed by atoms with E-state index in [0.29, 0.717) is 17.9 Å². The quantitative estimate of drug-likeness (QED) is 0.900. The van der Waals surface area contributed by atoms with Crippen LogP contribution in [0.4, 0.5) is 10.2 Å². The van der Waals surface area contributed by atoms with E-state index in [2.05, 4.69) is 5.10 Å². The number of hydrogen-bond donors (Lipinski definition) is 1. The molecule has 0 aliphatic heterocycles. The van der Waals surface area contributed by atoms with Crippen LogP contribution in [0.5, 0.6) is 5.75 Å². The number of likely N-dealkylation sites (N-methyl/N-ethyl adjacent to an activating group) is 1. The summed E-state index contributed by atoms with van der Waals surface area (Å²) in [6.45, 7) is 0.392. The molecule has 2 N–H and O–H groups in total. The molecule has 0 atom stereocenters. The van der Waals surface area contributed by atoms with Crippen molar-refractivity contribution in [1.82, 2.24) is 14.7 Å². The Hall–Kier alpha value is -2.57. The third-order valence-corrected chi connectivity index (χ3v) is 3.02. The van der Waals surface area contributed by atoms with Crippen LogP contribution in [-0.4, -0.2) is 34.7 Å². The van der Waals surface area contributed by atoms with Gasteiger partial charge in [-0.3, -0.25) is 9.48 Å². The molecule has 1 heterocycles. The number of rotatable bonds is 5. The summed E-state index contributed by atoms with van der Waals surface area (Å²) in [5, 5.41) is 3.95. The fourth-order valence-electron chi connectivity index (χ4n) is 1.90. The molecular formula is C14H17FN4O2. The number of carbonyl (C=O) groups is 1. The minimum Gasteiger partial charge on any atom is -0.494 e. The zero-order valence-corrected chi connectivity index (χ0v) is 11.9. The maximum absolute atomic E-state index is 13.6. The van der Waals surface area contributed by atoms with Gasteiger partial charge in [-0.1, -0.05) is 6.07 Å². The van der Waals surface area contributed by atoms with Gasteiger partial charge in [0.15, 0.2) is 11.6 Å². The summed E-state index contributed by atoms with van der Waals surface area (Å²) < 4.78 is 19.9. The third kappa shape index (κ3) is 3.71. The number of nitrogens with two attached hydrogens (primary N) is 1. The fraction of sp³-hybridized carbons (Fsp3) is 0.286. The normalized spacial score (nSPS) is 10.4. The van der Waals surface area contributed by atoms with Crippen LogP contribution in [0.3, 0.4) is 0 Å².